The van der Waals surface area contributed by atoms with Gasteiger partial charge in [0.15, 0.2) is 0 Å². The van der Waals surface area contributed by atoms with Crippen molar-refractivity contribution in [2.75, 3.05) is 0 Å². The Morgan fingerprint density at radius 3 is 0.917 bits per heavy atom. The standard InChI is InChI=1S/C7H16.C6H14.C5H12.C4H10.C2H6/c1-4-5-6-7(2)3;1-5-6(2,3)4;1-5(2,3)4;1-4(2)3;1-2/h7H,4-6H2,1-3H3;5H2,1-4H3;1-4H3;4H,1-3H3;1-2H3. The highest BCUT2D eigenvalue weighted by Gasteiger charge is 2.03. The summed E-state index contributed by atoms with van der Waals surface area (Å²) in [7, 11) is 0. The summed E-state index contributed by atoms with van der Waals surface area (Å²) in [4.78, 5) is 0. The topological polar surface area (TPSA) is 0 Å². The minimum absolute atomic E-state index is 0.500. The second-order valence-corrected chi connectivity index (χ2v) is 10.2. The third-order valence-corrected chi connectivity index (χ3v) is 2.20. The lowest BCUT2D eigenvalue weighted by molar-refractivity contribution is 0.398. The zero-order chi connectivity index (χ0) is 21.0. The first-order chi connectivity index (χ1) is 10.6. The molecule has 0 saturated carbocycles. The van der Waals surface area contributed by atoms with E-state index in [-0.39, 0.29) is 0 Å². The van der Waals surface area contributed by atoms with E-state index in [1.165, 1.54) is 25.7 Å². The molecule has 0 aliphatic heterocycles. The fraction of sp³-hybridized carbons (Fsp3) is 1.00. The molecule has 0 aromatic heterocycles. The van der Waals surface area contributed by atoms with E-state index >= 15 is 0 Å². The third kappa shape index (κ3) is 198. The Bertz CT molecular complexity index is 164. The Kier molecular flexibility index (Phi) is 33.7. The van der Waals surface area contributed by atoms with E-state index in [2.05, 4.69) is 96.9 Å². The number of rotatable bonds is 3. The average Bonchev–Trinajstić information content (AvgIpc) is 2.36. The number of unbranched alkanes of at least 4 members (excludes halogenated alkanes) is 1. The Balaban J connectivity index is -0.0000000657. The molecule has 0 aliphatic rings. The zero-order valence-electron chi connectivity index (χ0n) is 21.0. The summed E-state index contributed by atoms with van der Waals surface area (Å²) in [5, 5.41) is 0. The van der Waals surface area contributed by atoms with Gasteiger partial charge in [-0.1, -0.05) is 136 Å². The Morgan fingerprint density at radius 2 is 0.875 bits per heavy atom. The van der Waals surface area contributed by atoms with Crippen LogP contribution in [0.25, 0.3) is 0 Å². The van der Waals surface area contributed by atoms with Crippen molar-refractivity contribution >= 4 is 0 Å². The highest BCUT2D eigenvalue weighted by Crippen LogP contribution is 2.16. The van der Waals surface area contributed by atoms with Gasteiger partial charge in [-0.15, -0.1) is 0 Å². The highest BCUT2D eigenvalue weighted by atomic mass is 14.1. The van der Waals surface area contributed by atoms with Gasteiger partial charge in [0.1, 0.15) is 0 Å². The van der Waals surface area contributed by atoms with Crippen LogP contribution in [0.3, 0.4) is 0 Å². The van der Waals surface area contributed by atoms with E-state index in [4.69, 9.17) is 0 Å². The molecule has 0 saturated heterocycles. The molecular formula is C24H58. The number of hydrogen-bond donors (Lipinski definition) is 0. The van der Waals surface area contributed by atoms with Gasteiger partial charge in [0.2, 0.25) is 0 Å². The molecule has 0 aliphatic carbocycles. The largest absolute Gasteiger partial charge is 0.0683 e. The van der Waals surface area contributed by atoms with Crippen LogP contribution in [0.4, 0.5) is 0 Å². The maximum Gasteiger partial charge on any atom is -0.0385 e. The van der Waals surface area contributed by atoms with Crippen molar-refractivity contribution in [1.29, 1.82) is 0 Å². The molecule has 0 heteroatoms. The monoisotopic (exact) mass is 346 g/mol. The molecule has 0 atom stereocenters. The Hall–Kier alpha value is 0. The molecule has 0 radical (unpaired) electrons. The van der Waals surface area contributed by atoms with Gasteiger partial charge in [0.05, 0.1) is 0 Å². The summed E-state index contributed by atoms with van der Waals surface area (Å²) >= 11 is 0. The first kappa shape index (κ1) is 35.2. The molecule has 24 heavy (non-hydrogen) atoms. The lowest BCUT2D eigenvalue weighted by Crippen LogP contribution is -2.00. The third-order valence-electron chi connectivity index (χ3n) is 2.20. The van der Waals surface area contributed by atoms with Gasteiger partial charge in [-0.05, 0) is 22.7 Å². The summed E-state index contributed by atoms with van der Waals surface area (Å²) in [6.07, 6.45) is 5.42. The molecule has 0 unspecified atom stereocenters. The van der Waals surface area contributed by atoms with Gasteiger partial charge in [-0.2, -0.15) is 0 Å². The molecule has 0 N–H and O–H groups in total. The summed E-state index contributed by atoms with van der Waals surface area (Å²) in [5.74, 6) is 1.74. The van der Waals surface area contributed by atoms with Gasteiger partial charge in [0.25, 0.3) is 0 Å². The molecule has 0 heterocycles. The molecular weight excluding hydrogens is 288 g/mol. The second-order valence-electron chi connectivity index (χ2n) is 10.2. The van der Waals surface area contributed by atoms with Gasteiger partial charge < -0.3 is 0 Å². The highest BCUT2D eigenvalue weighted by molar-refractivity contribution is 4.55. The lowest BCUT2D eigenvalue weighted by atomic mass is 9.94. The van der Waals surface area contributed by atoms with Crippen LogP contribution >= 0.6 is 0 Å². The van der Waals surface area contributed by atoms with Crippen LogP contribution in [-0.2, 0) is 0 Å². The van der Waals surface area contributed by atoms with Crippen molar-refractivity contribution < 1.29 is 0 Å². The molecule has 154 valence electrons. The predicted octanol–water partition coefficient (Wildman–Crippen LogP) is 10.0. The first-order valence-electron chi connectivity index (χ1n) is 10.6. The van der Waals surface area contributed by atoms with Crippen LogP contribution in [0, 0.1) is 22.7 Å². The summed E-state index contributed by atoms with van der Waals surface area (Å²) in [6.45, 7) is 35.0. The first-order valence-corrected chi connectivity index (χ1v) is 10.6. The van der Waals surface area contributed by atoms with Crippen LogP contribution in [0.15, 0.2) is 0 Å². The Morgan fingerprint density at radius 1 is 0.667 bits per heavy atom. The van der Waals surface area contributed by atoms with Crippen molar-refractivity contribution in [3.8, 4) is 0 Å². The van der Waals surface area contributed by atoms with E-state index in [1.54, 1.807) is 0 Å². The minimum Gasteiger partial charge on any atom is -0.0683 e. The molecule has 0 spiro atoms. The van der Waals surface area contributed by atoms with Crippen LogP contribution in [0.5, 0.6) is 0 Å². The van der Waals surface area contributed by atoms with Crippen molar-refractivity contribution in [2.24, 2.45) is 22.7 Å². The van der Waals surface area contributed by atoms with E-state index in [1.807, 2.05) is 13.8 Å². The quantitative estimate of drug-likeness (QED) is 0.476. The summed E-state index contributed by atoms with van der Waals surface area (Å²) in [5.41, 5.74) is 1.04. The van der Waals surface area contributed by atoms with Crippen molar-refractivity contribution in [1.82, 2.24) is 0 Å². The molecule has 0 rings (SSSR count). The molecule has 0 nitrogen and oxygen atoms in total. The van der Waals surface area contributed by atoms with Crippen LogP contribution in [-0.4, -0.2) is 0 Å². The zero-order valence-corrected chi connectivity index (χ0v) is 21.0. The van der Waals surface area contributed by atoms with Gasteiger partial charge in [-0.3, -0.25) is 0 Å². The maximum atomic E-state index is 2.27. The SMILES string of the molecule is CC.CC(C)(C)C.CC(C)C.CCC(C)(C)C.CCCCC(C)C. The van der Waals surface area contributed by atoms with E-state index < -0.39 is 0 Å². The molecule has 0 fully saturated rings. The summed E-state index contributed by atoms with van der Waals surface area (Å²) < 4.78 is 0. The van der Waals surface area contributed by atoms with Crippen LogP contribution in [0.1, 0.15) is 136 Å². The fourth-order valence-corrected chi connectivity index (χ4v) is 0.612. The van der Waals surface area contributed by atoms with Crippen molar-refractivity contribution in [2.45, 2.75) is 136 Å². The van der Waals surface area contributed by atoms with Crippen molar-refractivity contribution in [3.63, 3.8) is 0 Å². The maximum absolute atomic E-state index is 2.27. The van der Waals surface area contributed by atoms with Gasteiger partial charge in [-0.25, -0.2) is 0 Å². The lowest BCUT2D eigenvalue weighted by Gasteiger charge is -2.12. The minimum atomic E-state index is 0.500. The summed E-state index contributed by atoms with van der Waals surface area (Å²) in [6, 6.07) is 0. The van der Waals surface area contributed by atoms with Crippen molar-refractivity contribution in [3.05, 3.63) is 0 Å². The van der Waals surface area contributed by atoms with Gasteiger partial charge >= 0.3 is 0 Å². The molecule has 0 aromatic carbocycles. The average molecular weight is 347 g/mol. The van der Waals surface area contributed by atoms with E-state index in [9.17, 15) is 0 Å². The smallest absolute Gasteiger partial charge is 0.0385 e. The van der Waals surface area contributed by atoms with E-state index in [0.29, 0.717) is 10.8 Å². The molecule has 0 bridgehead atoms. The van der Waals surface area contributed by atoms with E-state index in [0.717, 1.165) is 11.8 Å². The van der Waals surface area contributed by atoms with Crippen LogP contribution < -0.4 is 0 Å². The van der Waals surface area contributed by atoms with Crippen LogP contribution in [0.2, 0.25) is 0 Å². The number of hydrogen-bond acceptors (Lipinski definition) is 0. The predicted molar refractivity (Wildman–Crippen MR) is 121 cm³/mol. The van der Waals surface area contributed by atoms with Gasteiger partial charge in [0, 0.05) is 0 Å². The Labute approximate surface area is 159 Å². The normalized spacial score (nSPS) is 10.2. The fourth-order valence-electron chi connectivity index (χ4n) is 0.612. The molecule has 0 amide bonds. The second kappa shape index (κ2) is 23.0. The molecule has 0 aromatic rings.